The fourth-order valence-corrected chi connectivity index (χ4v) is 6.86. The van der Waals surface area contributed by atoms with Gasteiger partial charge in [0, 0.05) is 6.04 Å². The number of carbonyl (C=O) groups is 3. The largest absolute Gasteiger partial charge is 0.480 e. The Labute approximate surface area is 195 Å². The molecule has 4 aliphatic rings. The van der Waals surface area contributed by atoms with Gasteiger partial charge in [-0.05, 0) is 75.2 Å². The van der Waals surface area contributed by atoms with E-state index in [1.54, 1.807) is 4.90 Å². The number of hydrogen-bond donors (Lipinski definition) is 3. The molecule has 4 fully saturated rings. The van der Waals surface area contributed by atoms with Crippen molar-refractivity contribution in [3.8, 4) is 6.07 Å². The summed E-state index contributed by atoms with van der Waals surface area (Å²) in [6.07, 6.45) is 8.23. The van der Waals surface area contributed by atoms with Crippen LogP contribution in [0, 0.1) is 34.5 Å². The fraction of sp³-hybridized carbons (Fsp3) is 0.833. The minimum atomic E-state index is -1.08. The van der Waals surface area contributed by atoms with Gasteiger partial charge in [0.2, 0.25) is 5.91 Å². The van der Waals surface area contributed by atoms with Gasteiger partial charge in [-0.2, -0.15) is 5.26 Å². The van der Waals surface area contributed by atoms with Gasteiger partial charge in [-0.3, -0.25) is 14.4 Å². The van der Waals surface area contributed by atoms with E-state index in [0.717, 1.165) is 51.4 Å². The van der Waals surface area contributed by atoms with E-state index in [-0.39, 0.29) is 36.4 Å². The van der Waals surface area contributed by atoms with Crippen LogP contribution >= 0.6 is 0 Å². The maximum Gasteiger partial charge on any atom is 0.321 e. The predicted octanol–water partition coefficient (Wildman–Crippen LogP) is 1.41. The summed E-state index contributed by atoms with van der Waals surface area (Å²) in [7, 11) is 1.50. The number of nitriles is 1. The molecule has 3 unspecified atom stereocenters. The van der Waals surface area contributed by atoms with Crippen molar-refractivity contribution in [2.45, 2.75) is 88.4 Å². The lowest BCUT2D eigenvalue weighted by atomic mass is 9.55. The molecule has 3 saturated carbocycles. The van der Waals surface area contributed by atoms with Crippen LogP contribution in [0.4, 0.5) is 0 Å². The number of nitrogens with two attached hydrogens (primary N) is 1. The highest BCUT2D eigenvalue weighted by atomic mass is 16.5. The lowest BCUT2D eigenvalue weighted by Crippen LogP contribution is -2.58. The van der Waals surface area contributed by atoms with Crippen molar-refractivity contribution in [2.75, 3.05) is 13.7 Å². The molecule has 1 amide bonds. The number of rotatable bonds is 9. The Kier molecular flexibility index (Phi) is 6.96. The number of carbonyl (C=O) groups excluding carboxylic acids is 2. The molecule has 33 heavy (non-hydrogen) atoms. The van der Waals surface area contributed by atoms with Gasteiger partial charge >= 0.3 is 11.9 Å². The summed E-state index contributed by atoms with van der Waals surface area (Å²) in [5, 5.41) is 21.2. The minimum absolute atomic E-state index is 0.0499. The maximum atomic E-state index is 13.5. The van der Waals surface area contributed by atoms with Crippen LogP contribution in [0.1, 0.15) is 64.2 Å². The summed E-state index contributed by atoms with van der Waals surface area (Å²) < 4.78 is 5.34. The van der Waals surface area contributed by atoms with Crippen LogP contribution in [0.25, 0.3) is 0 Å². The number of esters is 1. The molecule has 1 heterocycles. The minimum Gasteiger partial charge on any atom is -0.480 e. The van der Waals surface area contributed by atoms with Crippen LogP contribution in [-0.4, -0.2) is 65.7 Å². The molecule has 1 saturated heterocycles. The fourth-order valence-electron chi connectivity index (χ4n) is 6.86. The van der Waals surface area contributed by atoms with E-state index in [4.69, 9.17) is 15.6 Å². The zero-order chi connectivity index (χ0) is 23.8. The van der Waals surface area contributed by atoms with Crippen molar-refractivity contribution in [1.82, 2.24) is 10.2 Å². The SMILES string of the molecule is CN[C@@H](CC(=O)OCCC1CC2CCCC([C@H](N)C(=O)N3[C@H](C#N)C[C@@H]4C[C@@H]43)(C2)C1)C(=O)O. The number of aliphatic carboxylic acids is 1. The average Bonchev–Trinajstić information content (AvgIpc) is 3.45. The number of likely N-dealkylation sites (tertiary alicyclic amines) is 1. The second kappa shape index (κ2) is 9.59. The summed E-state index contributed by atoms with van der Waals surface area (Å²) >= 11 is 0. The smallest absolute Gasteiger partial charge is 0.321 e. The Morgan fingerprint density at radius 2 is 2.09 bits per heavy atom. The normalized spacial score (nSPS) is 36.3. The second-order valence-electron chi connectivity index (χ2n) is 10.7. The number of hydrogen-bond acceptors (Lipinski definition) is 7. The van der Waals surface area contributed by atoms with Gasteiger partial charge in [-0.1, -0.05) is 12.8 Å². The van der Waals surface area contributed by atoms with Crippen LogP contribution < -0.4 is 11.1 Å². The number of nitrogens with zero attached hydrogens (tertiary/aromatic N) is 2. The van der Waals surface area contributed by atoms with E-state index < -0.39 is 24.0 Å². The highest BCUT2D eigenvalue weighted by molar-refractivity contribution is 5.84. The molecular weight excluding hydrogens is 424 g/mol. The molecule has 3 aliphatic carbocycles. The maximum absolute atomic E-state index is 13.5. The van der Waals surface area contributed by atoms with Gasteiger partial charge in [0.1, 0.15) is 12.1 Å². The Bertz CT molecular complexity index is 828. The van der Waals surface area contributed by atoms with Crippen LogP contribution in [0.15, 0.2) is 0 Å². The molecule has 0 aromatic carbocycles. The summed E-state index contributed by atoms with van der Waals surface area (Å²) in [5.41, 5.74) is 6.45. The van der Waals surface area contributed by atoms with E-state index in [0.29, 0.717) is 24.2 Å². The van der Waals surface area contributed by atoms with E-state index in [1.807, 2.05) is 0 Å². The number of ether oxygens (including phenoxy) is 1. The zero-order valence-corrected chi connectivity index (χ0v) is 19.4. The van der Waals surface area contributed by atoms with E-state index in [1.165, 1.54) is 7.05 Å². The van der Waals surface area contributed by atoms with Crippen LogP contribution in [0.5, 0.6) is 0 Å². The number of amides is 1. The first-order valence-corrected chi connectivity index (χ1v) is 12.3. The first-order chi connectivity index (χ1) is 15.8. The number of nitrogens with one attached hydrogen (secondary N) is 1. The first-order valence-electron chi connectivity index (χ1n) is 12.3. The monoisotopic (exact) mass is 460 g/mol. The van der Waals surface area contributed by atoms with Crippen molar-refractivity contribution >= 4 is 17.8 Å². The van der Waals surface area contributed by atoms with E-state index in [2.05, 4.69) is 11.4 Å². The molecule has 2 bridgehead atoms. The number of likely N-dealkylation sites (N-methyl/N-ethyl adjacent to an activating group) is 1. The summed E-state index contributed by atoms with van der Waals surface area (Å²) in [6.45, 7) is 0.248. The lowest BCUT2D eigenvalue weighted by molar-refractivity contribution is -0.150. The molecule has 4 N–H and O–H groups in total. The number of piperidine rings is 1. The highest BCUT2D eigenvalue weighted by Gasteiger charge is 2.57. The van der Waals surface area contributed by atoms with Crippen LogP contribution in [0.2, 0.25) is 0 Å². The van der Waals surface area contributed by atoms with Crippen molar-refractivity contribution < 1.29 is 24.2 Å². The quantitative estimate of drug-likeness (QED) is 0.438. The van der Waals surface area contributed by atoms with Crippen molar-refractivity contribution in [3.05, 3.63) is 0 Å². The third-order valence-electron chi connectivity index (χ3n) is 8.58. The van der Waals surface area contributed by atoms with Crippen molar-refractivity contribution in [3.63, 3.8) is 0 Å². The molecule has 0 aromatic rings. The standard InChI is InChI=1S/C24H36N4O5/c1-27-18(23(31)32)10-20(29)33-6-4-15-7-14-3-2-5-24(11-14,12-15)21(26)22(30)28-17(13-25)8-16-9-19(16)28/h14-19,21,27H,2-12,26H2,1H3,(H,31,32)/t14?,15?,16-,17+,18+,19+,21-,24?/m1/s1. The third-order valence-corrected chi connectivity index (χ3v) is 8.58. The van der Waals surface area contributed by atoms with Gasteiger partial charge in [0.25, 0.3) is 0 Å². The first kappa shape index (κ1) is 24.0. The molecule has 0 spiro atoms. The van der Waals surface area contributed by atoms with Gasteiger partial charge < -0.3 is 25.8 Å². The molecule has 0 aromatic heterocycles. The zero-order valence-electron chi connectivity index (χ0n) is 19.4. The van der Waals surface area contributed by atoms with E-state index in [9.17, 15) is 19.6 Å². The molecule has 4 rings (SSSR count). The number of carboxylic acid groups (broad SMARTS) is 1. The summed E-state index contributed by atoms with van der Waals surface area (Å²) in [4.78, 5) is 38.4. The molecule has 1 aliphatic heterocycles. The van der Waals surface area contributed by atoms with Crippen molar-refractivity contribution in [2.24, 2.45) is 28.9 Å². The van der Waals surface area contributed by atoms with Gasteiger partial charge in [-0.15, -0.1) is 0 Å². The molecule has 9 heteroatoms. The number of fused-ring (bicyclic) bond motifs is 3. The topological polar surface area (TPSA) is 146 Å². The summed E-state index contributed by atoms with van der Waals surface area (Å²) in [5.74, 6) is -0.346. The second-order valence-corrected chi connectivity index (χ2v) is 10.7. The van der Waals surface area contributed by atoms with Crippen molar-refractivity contribution in [1.29, 1.82) is 5.26 Å². The predicted molar refractivity (Wildman–Crippen MR) is 119 cm³/mol. The van der Waals surface area contributed by atoms with Crippen LogP contribution in [0.3, 0.4) is 0 Å². The molecule has 9 nitrogen and oxygen atoms in total. The summed E-state index contributed by atoms with van der Waals surface area (Å²) in [6, 6.07) is 0.622. The Balaban J connectivity index is 1.35. The molecular formula is C24H36N4O5. The van der Waals surface area contributed by atoms with Gasteiger partial charge in [0.05, 0.1) is 25.1 Å². The Morgan fingerprint density at radius 3 is 2.79 bits per heavy atom. The van der Waals surface area contributed by atoms with Gasteiger partial charge in [-0.25, -0.2) is 0 Å². The Morgan fingerprint density at radius 1 is 1.30 bits per heavy atom. The Hall–Kier alpha value is -2.18. The number of carboxylic acids is 1. The van der Waals surface area contributed by atoms with E-state index >= 15 is 0 Å². The third kappa shape index (κ3) is 4.87. The molecule has 182 valence electrons. The van der Waals surface area contributed by atoms with Gasteiger partial charge in [0.15, 0.2) is 0 Å². The van der Waals surface area contributed by atoms with Crippen LogP contribution in [-0.2, 0) is 19.1 Å². The molecule has 8 atom stereocenters. The molecule has 0 radical (unpaired) electrons. The lowest BCUT2D eigenvalue weighted by Gasteiger charge is -2.51. The average molecular weight is 461 g/mol. The highest BCUT2D eigenvalue weighted by Crippen LogP contribution is 2.55.